The Balaban J connectivity index is 1.45. The fourth-order valence-corrected chi connectivity index (χ4v) is 5.34. The Hall–Kier alpha value is -1.13. The summed E-state index contributed by atoms with van der Waals surface area (Å²) in [5, 5.41) is 20.9. The minimum absolute atomic E-state index is 0.176. The summed E-state index contributed by atoms with van der Waals surface area (Å²) in [6.45, 7) is 0. The van der Waals surface area contributed by atoms with Crippen molar-refractivity contribution in [2.75, 3.05) is 14.1 Å². The summed E-state index contributed by atoms with van der Waals surface area (Å²) in [5.41, 5.74) is 1.50. The summed E-state index contributed by atoms with van der Waals surface area (Å²) in [6.07, 6.45) is 16.2. The van der Waals surface area contributed by atoms with Crippen molar-refractivity contribution >= 4 is 5.91 Å². The third-order valence-corrected chi connectivity index (χ3v) is 7.00. The van der Waals surface area contributed by atoms with Crippen molar-refractivity contribution in [3.05, 3.63) is 23.8 Å². The number of aliphatic hydroxyl groups is 2. The first-order valence-electron chi connectivity index (χ1n) is 10.9. The summed E-state index contributed by atoms with van der Waals surface area (Å²) in [5.74, 6) is 1.77. The minimum Gasteiger partial charge on any atom is -0.392 e. The number of allylic oxidation sites excluding steroid dienone is 2. The van der Waals surface area contributed by atoms with Crippen LogP contribution in [0, 0.1) is 23.7 Å². The van der Waals surface area contributed by atoms with Crippen molar-refractivity contribution in [3.63, 3.8) is 0 Å². The van der Waals surface area contributed by atoms with E-state index in [-0.39, 0.29) is 24.0 Å². The molecule has 0 saturated heterocycles. The number of carbonyl (C=O) groups excluding carboxylic acids is 1. The van der Waals surface area contributed by atoms with Gasteiger partial charge in [-0.3, -0.25) is 4.79 Å². The van der Waals surface area contributed by atoms with E-state index in [9.17, 15) is 15.0 Å². The van der Waals surface area contributed by atoms with Gasteiger partial charge in [-0.25, -0.2) is 0 Å². The van der Waals surface area contributed by atoms with E-state index in [1.807, 2.05) is 20.2 Å². The second kappa shape index (κ2) is 9.38. The zero-order valence-corrected chi connectivity index (χ0v) is 17.0. The van der Waals surface area contributed by atoms with Gasteiger partial charge in [-0.15, -0.1) is 0 Å². The van der Waals surface area contributed by atoms with Crippen LogP contribution in [-0.2, 0) is 4.79 Å². The van der Waals surface area contributed by atoms with E-state index in [1.54, 1.807) is 4.90 Å². The van der Waals surface area contributed by atoms with Gasteiger partial charge in [0.05, 0.1) is 12.2 Å². The van der Waals surface area contributed by atoms with Crippen LogP contribution in [0.1, 0.15) is 64.2 Å². The number of amides is 1. The van der Waals surface area contributed by atoms with Gasteiger partial charge in [0.1, 0.15) is 0 Å². The Bertz CT molecular complexity index is 562. The van der Waals surface area contributed by atoms with Gasteiger partial charge in [0.15, 0.2) is 0 Å². The highest BCUT2D eigenvalue weighted by atomic mass is 16.3. The minimum atomic E-state index is -0.346. The molecule has 0 aliphatic heterocycles. The first-order chi connectivity index (χ1) is 13.0. The van der Waals surface area contributed by atoms with Crippen LogP contribution in [0.3, 0.4) is 0 Å². The molecule has 0 aromatic rings. The fraction of sp³-hybridized carbons (Fsp3) is 0.783. The third-order valence-electron chi connectivity index (χ3n) is 7.00. The maximum atomic E-state index is 11.7. The van der Waals surface area contributed by atoms with E-state index < -0.39 is 0 Å². The topological polar surface area (TPSA) is 60.8 Å². The van der Waals surface area contributed by atoms with E-state index >= 15 is 0 Å². The number of hydrogen-bond donors (Lipinski definition) is 2. The van der Waals surface area contributed by atoms with Crippen LogP contribution in [0.15, 0.2) is 23.8 Å². The number of hydrogen-bond acceptors (Lipinski definition) is 3. The van der Waals surface area contributed by atoms with Crippen LogP contribution in [0.5, 0.6) is 0 Å². The Labute approximate surface area is 164 Å². The maximum absolute atomic E-state index is 11.7. The van der Waals surface area contributed by atoms with Crippen molar-refractivity contribution in [1.29, 1.82) is 0 Å². The summed E-state index contributed by atoms with van der Waals surface area (Å²) in [7, 11) is 3.62. The molecule has 1 amide bonds. The zero-order valence-electron chi connectivity index (χ0n) is 17.0. The van der Waals surface area contributed by atoms with Crippen molar-refractivity contribution in [1.82, 2.24) is 4.90 Å². The number of nitrogens with zero attached hydrogens (tertiary/aromatic N) is 1. The van der Waals surface area contributed by atoms with Gasteiger partial charge in [0.2, 0.25) is 5.91 Å². The quantitative estimate of drug-likeness (QED) is 0.502. The number of fused-ring (bicyclic) bond motifs is 1. The Morgan fingerprint density at radius 1 is 1.30 bits per heavy atom. The summed E-state index contributed by atoms with van der Waals surface area (Å²) >= 11 is 0. The molecule has 0 aromatic carbocycles. The van der Waals surface area contributed by atoms with Gasteiger partial charge in [0.25, 0.3) is 0 Å². The van der Waals surface area contributed by atoms with E-state index in [1.165, 1.54) is 18.4 Å². The Morgan fingerprint density at radius 2 is 2.04 bits per heavy atom. The van der Waals surface area contributed by atoms with E-state index in [2.05, 4.69) is 12.2 Å². The van der Waals surface area contributed by atoms with E-state index in [0.29, 0.717) is 24.2 Å². The first-order valence-corrected chi connectivity index (χ1v) is 10.9. The fourth-order valence-electron chi connectivity index (χ4n) is 5.34. The Kier molecular flexibility index (Phi) is 7.16. The van der Waals surface area contributed by atoms with Crippen LogP contribution in [-0.4, -0.2) is 47.3 Å². The van der Waals surface area contributed by atoms with Crippen LogP contribution >= 0.6 is 0 Å². The molecule has 0 aromatic heterocycles. The Morgan fingerprint density at radius 3 is 2.74 bits per heavy atom. The zero-order chi connectivity index (χ0) is 19.4. The highest BCUT2D eigenvalue weighted by molar-refractivity contribution is 5.75. The predicted octanol–water partition coefficient (Wildman–Crippen LogP) is 3.69. The second-order valence-corrected chi connectivity index (χ2v) is 9.15. The monoisotopic (exact) mass is 375 g/mol. The molecule has 3 rings (SSSR count). The molecule has 2 fully saturated rings. The lowest BCUT2D eigenvalue weighted by Crippen LogP contribution is -2.21. The molecule has 27 heavy (non-hydrogen) atoms. The van der Waals surface area contributed by atoms with Crippen LogP contribution in [0.2, 0.25) is 0 Å². The standard InChI is InChI=1S/C23H37NO3/c1-24(2)23(27)10-6-3-7-16-13-18-15-22(26)19(20(18)14-16)11-12-21(25)17-8-4-5-9-17/h11-13,17-22,25-26H,3-10,14-15H2,1-2H3/b12-11+/t18-,19+,20-,21+,22+/m0/s1. The lowest BCUT2D eigenvalue weighted by molar-refractivity contribution is -0.128. The maximum Gasteiger partial charge on any atom is 0.222 e. The molecule has 0 heterocycles. The van der Waals surface area contributed by atoms with Crippen molar-refractivity contribution < 1.29 is 15.0 Å². The third kappa shape index (κ3) is 5.23. The molecule has 2 N–H and O–H groups in total. The summed E-state index contributed by atoms with van der Waals surface area (Å²) in [4.78, 5) is 13.3. The van der Waals surface area contributed by atoms with Crippen molar-refractivity contribution in [2.45, 2.75) is 76.4 Å². The SMILES string of the molecule is CN(C)C(=O)CCCCC1=C[C@H]2C[C@@H](O)[C@H](/C=C/[C@@H](O)C3CCCC3)[C@H]2C1. The van der Waals surface area contributed by atoms with E-state index in [4.69, 9.17) is 0 Å². The van der Waals surface area contributed by atoms with Gasteiger partial charge in [-0.1, -0.05) is 36.6 Å². The lowest BCUT2D eigenvalue weighted by Gasteiger charge is -2.20. The highest BCUT2D eigenvalue weighted by Gasteiger charge is 2.43. The van der Waals surface area contributed by atoms with Crippen molar-refractivity contribution in [2.24, 2.45) is 23.7 Å². The summed E-state index contributed by atoms with van der Waals surface area (Å²) < 4.78 is 0. The average molecular weight is 376 g/mol. The predicted molar refractivity (Wildman–Crippen MR) is 108 cm³/mol. The molecule has 3 aliphatic rings. The van der Waals surface area contributed by atoms with Crippen LogP contribution < -0.4 is 0 Å². The molecule has 4 heteroatoms. The number of carbonyl (C=O) groups is 1. The van der Waals surface area contributed by atoms with Gasteiger partial charge < -0.3 is 15.1 Å². The first kappa shape index (κ1) is 20.6. The van der Waals surface area contributed by atoms with Crippen LogP contribution in [0.4, 0.5) is 0 Å². The van der Waals surface area contributed by atoms with Gasteiger partial charge in [-0.05, 0) is 62.7 Å². The second-order valence-electron chi connectivity index (χ2n) is 9.15. The van der Waals surface area contributed by atoms with Crippen molar-refractivity contribution in [3.8, 4) is 0 Å². The largest absolute Gasteiger partial charge is 0.392 e. The number of unbranched alkanes of at least 4 members (excludes halogenated alkanes) is 1. The molecule has 0 unspecified atom stereocenters. The molecule has 0 spiro atoms. The molecular weight excluding hydrogens is 338 g/mol. The number of rotatable bonds is 8. The van der Waals surface area contributed by atoms with E-state index in [0.717, 1.165) is 44.9 Å². The molecule has 0 radical (unpaired) electrons. The van der Waals surface area contributed by atoms with Crippen LogP contribution in [0.25, 0.3) is 0 Å². The molecule has 152 valence electrons. The molecule has 4 nitrogen and oxygen atoms in total. The molecule has 2 saturated carbocycles. The molecule has 5 atom stereocenters. The average Bonchev–Trinajstić information content (AvgIpc) is 3.33. The van der Waals surface area contributed by atoms with Gasteiger partial charge in [-0.2, -0.15) is 0 Å². The highest BCUT2D eigenvalue weighted by Crippen LogP contribution is 2.48. The molecule has 3 aliphatic carbocycles. The summed E-state index contributed by atoms with van der Waals surface area (Å²) in [6, 6.07) is 0. The molecular formula is C23H37NO3. The van der Waals surface area contributed by atoms with Gasteiger partial charge >= 0.3 is 0 Å². The lowest BCUT2D eigenvalue weighted by atomic mass is 9.88. The smallest absolute Gasteiger partial charge is 0.222 e. The molecule has 0 bridgehead atoms. The number of aliphatic hydroxyl groups excluding tert-OH is 2. The normalized spacial score (nSPS) is 32.1. The van der Waals surface area contributed by atoms with Gasteiger partial charge in [0, 0.05) is 26.4 Å².